The average molecular weight is 295 g/mol. The van der Waals surface area contributed by atoms with Gasteiger partial charge in [-0.1, -0.05) is 26.3 Å². The maximum Gasteiger partial charge on any atom is 0.236 e. The summed E-state index contributed by atoms with van der Waals surface area (Å²) in [5, 5.41) is 3.21. The first kappa shape index (κ1) is 17.4. The second-order valence-electron chi connectivity index (χ2n) is 5.16. The van der Waals surface area contributed by atoms with E-state index >= 15 is 0 Å². The molecule has 0 aliphatic heterocycles. The molecule has 0 spiro atoms. The topological polar surface area (TPSA) is 58.4 Å². The van der Waals surface area contributed by atoms with Crippen molar-refractivity contribution in [2.45, 2.75) is 39.7 Å². The molecule has 3 N–H and O–H groups in total. The number of benzene rings is 1. The molecule has 1 rings (SSSR count). The third-order valence-electron chi connectivity index (χ3n) is 3.29. The van der Waals surface area contributed by atoms with Crippen LogP contribution in [0, 0.1) is 5.82 Å². The van der Waals surface area contributed by atoms with Crippen LogP contribution in [0.3, 0.4) is 0 Å². The fraction of sp³-hybridized carbons (Fsp3) is 0.562. The van der Waals surface area contributed by atoms with Gasteiger partial charge in [0.1, 0.15) is 5.82 Å². The first-order chi connectivity index (χ1) is 10.1. The quantitative estimate of drug-likeness (QED) is 0.652. The van der Waals surface area contributed by atoms with Crippen LogP contribution in [0.25, 0.3) is 0 Å². The Morgan fingerprint density at radius 1 is 1.33 bits per heavy atom. The van der Waals surface area contributed by atoms with Gasteiger partial charge >= 0.3 is 0 Å². The Morgan fingerprint density at radius 2 is 2.10 bits per heavy atom. The summed E-state index contributed by atoms with van der Waals surface area (Å²) in [6.45, 7) is 6.25. The highest BCUT2D eigenvalue weighted by Crippen LogP contribution is 2.23. The van der Waals surface area contributed by atoms with E-state index in [-0.39, 0.29) is 12.4 Å². The van der Waals surface area contributed by atoms with Crippen LogP contribution in [0.4, 0.5) is 10.1 Å². The molecule has 0 atom stereocenters. The van der Waals surface area contributed by atoms with Crippen LogP contribution in [0.5, 0.6) is 0 Å². The number of anilines is 1. The normalized spacial score (nSPS) is 10.6. The molecule has 1 aromatic carbocycles. The Labute approximate surface area is 126 Å². The summed E-state index contributed by atoms with van der Waals surface area (Å²) in [5.74, 6) is -0.648. The van der Waals surface area contributed by atoms with Crippen LogP contribution < -0.4 is 16.0 Å². The minimum absolute atomic E-state index is 0.115. The molecule has 0 unspecified atom stereocenters. The van der Waals surface area contributed by atoms with E-state index in [9.17, 15) is 9.18 Å². The average Bonchev–Trinajstić information content (AvgIpc) is 2.45. The van der Waals surface area contributed by atoms with Gasteiger partial charge < -0.3 is 16.0 Å². The van der Waals surface area contributed by atoms with Gasteiger partial charge in [-0.15, -0.1) is 0 Å². The molecule has 0 radical (unpaired) electrons. The van der Waals surface area contributed by atoms with Crippen molar-refractivity contribution in [1.29, 1.82) is 0 Å². The lowest BCUT2D eigenvalue weighted by Crippen LogP contribution is -2.35. The highest BCUT2D eigenvalue weighted by atomic mass is 19.1. The van der Waals surface area contributed by atoms with Crippen LogP contribution in [0.15, 0.2) is 18.2 Å². The second-order valence-corrected chi connectivity index (χ2v) is 5.16. The molecule has 0 fully saturated rings. The molecule has 0 saturated heterocycles. The van der Waals surface area contributed by atoms with Crippen LogP contribution in [-0.4, -0.2) is 25.5 Å². The van der Waals surface area contributed by atoms with Gasteiger partial charge in [-0.3, -0.25) is 4.79 Å². The maximum absolute atomic E-state index is 14.1. The van der Waals surface area contributed by atoms with E-state index < -0.39 is 5.91 Å². The number of rotatable bonds is 10. The van der Waals surface area contributed by atoms with Gasteiger partial charge in [0.05, 0.1) is 6.54 Å². The van der Waals surface area contributed by atoms with Crippen LogP contribution in [-0.2, 0) is 11.3 Å². The van der Waals surface area contributed by atoms with Crippen LogP contribution >= 0.6 is 0 Å². The number of amides is 1. The molecule has 118 valence electrons. The standard InChI is InChI=1S/C16H26FN3O/c1-3-5-10-20(12-16(18)21)15-8-6-7-14(17)13(15)11-19-9-4-2/h6-8,19H,3-5,9-12H2,1-2H3,(H2,18,21). The highest BCUT2D eigenvalue weighted by Gasteiger charge is 2.15. The van der Waals surface area contributed by atoms with E-state index in [4.69, 9.17) is 5.73 Å². The molecule has 1 amide bonds. The number of nitrogens with zero attached hydrogens (tertiary/aromatic N) is 1. The van der Waals surface area contributed by atoms with Gasteiger partial charge in [0.15, 0.2) is 0 Å². The monoisotopic (exact) mass is 295 g/mol. The highest BCUT2D eigenvalue weighted by molar-refractivity contribution is 5.80. The fourth-order valence-electron chi connectivity index (χ4n) is 2.23. The summed E-state index contributed by atoms with van der Waals surface area (Å²) >= 11 is 0. The molecule has 0 saturated carbocycles. The Bertz CT molecular complexity index is 451. The van der Waals surface area contributed by atoms with Crippen molar-refractivity contribution in [3.63, 3.8) is 0 Å². The lowest BCUT2D eigenvalue weighted by atomic mass is 10.1. The minimum atomic E-state index is -0.400. The zero-order chi connectivity index (χ0) is 15.7. The number of nitrogens with two attached hydrogens (primary N) is 1. The predicted octanol–water partition coefficient (Wildman–Crippen LogP) is 2.42. The van der Waals surface area contributed by atoms with E-state index in [1.165, 1.54) is 6.07 Å². The number of primary amides is 1. The number of carbonyl (C=O) groups excluding carboxylic acids is 1. The third kappa shape index (κ3) is 5.71. The van der Waals surface area contributed by atoms with E-state index in [1.807, 2.05) is 11.0 Å². The van der Waals surface area contributed by atoms with E-state index in [0.29, 0.717) is 18.7 Å². The summed E-state index contributed by atoms with van der Waals surface area (Å²) in [6.07, 6.45) is 2.93. The molecule has 0 aliphatic carbocycles. The molecular weight excluding hydrogens is 269 g/mol. The number of nitrogens with one attached hydrogen (secondary N) is 1. The maximum atomic E-state index is 14.1. The summed E-state index contributed by atoms with van der Waals surface area (Å²) < 4.78 is 14.1. The SMILES string of the molecule is CCCCN(CC(N)=O)c1cccc(F)c1CNCCC. The molecule has 21 heavy (non-hydrogen) atoms. The molecule has 0 bridgehead atoms. The van der Waals surface area contributed by atoms with Crippen molar-refractivity contribution >= 4 is 11.6 Å². The van der Waals surface area contributed by atoms with Gasteiger partial charge in [0, 0.05) is 24.3 Å². The van der Waals surface area contributed by atoms with E-state index in [0.717, 1.165) is 31.5 Å². The lowest BCUT2D eigenvalue weighted by molar-refractivity contribution is -0.116. The molecule has 4 nitrogen and oxygen atoms in total. The summed E-state index contributed by atoms with van der Waals surface area (Å²) in [5.41, 5.74) is 6.68. The fourth-order valence-corrected chi connectivity index (χ4v) is 2.23. The summed E-state index contributed by atoms with van der Waals surface area (Å²) in [7, 11) is 0. The number of hydrogen-bond acceptors (Lipinski definition) is 3. The Kier molecular flexibility index (Phi) is 7.75. The van der Waals surface area contributed by atoms with E-state index in [1.54, 1.807) is 6.07 Å². The van der Waals surface area contributed by atoms with Crippen molar-refractivity contribution in [3.8, 4) is 0 Å². The van der Waals surface area contributed by atoms with Crippen molar-refractivity contribution in [3.05, 3.63) is 29.6 Å². The van der Waals surface area contributed by atoms with Crippen LogP contribution in [0.2, 0.25) is 0 Å². The zero-order valence-corrected chi connectivity index (χ0v) is 13.0. The van der Waals surface area contributed by atoms with Crippen molar-refractivity contribution in [2.24, 2.45) is 5.73 Å². The largest absolute Gasteiger partial charge is 0.368 e. The molecule has 5 heteroatoms. The van der Waals surface area contributed by atoms with Gasteiger partial charge in [-0.05, 0) is 31.5 Å². The smallest absolute Gasteiger partial charge is 0.236 e. The van der Waals surface area contributed by atoms with Gasteiger partial charge in [-0.2, -0.15) is 0 Å². The van der Waals surface area contributed by atoms with Crippen molar-refractivity contribution < 1.29 is 9.18 Å². The first-order valence-electron chi connectivity index (χ1n) is 7.61. The molecule has 1 aromatic rings. The number of halogens is 1. The van der Waals surface area contributed by atoms with Gasteiger partial charge in [0.25, 0.3) is 0 Å². The molecule has 0 aliphatic rings. The van der Waals surface area contributed by atoms with Crippen LogP contribution in [0.1, 0.15) is 38.7 Å². The Morgan fingerprint density at radius 3 is 2.71 bits per heavy atom. The summed E-state index contributed by atoms with van der Waals surface area (Å²) in [6, 6.07) is 4.98. The van der Waals surface area contributed by atoms with Crippen molar-refractivity contribution in [1.82, 2.24) is 5.32 Å². The number of hydrogen-bond donors (Lipinski definition) is 2. The number of unbranched alkanes of at least 4 members (excludes halogenated alkanes) is 1. The Balaban J connectivity index is 2.98. The minimum Gasteiger partial charge on any atom is -0.368 e. The first-order valence-corrected chi connectivity index (χ1v) is 7.61. The molecule has 0 aromatic heterocycles. The summed E-state index contributed by atoms with van der Waals surface area (Å²) in [4.78, 5) is 13.1. The predicted molar refractivity (Wildman–Crippen MR) is 84.7 cm³/mol. The third-order valence-corrected chi connectivity index (χ3v) is 3.29. The lowest BCUT2D eigenvalue weighted by Gasteiger charge is -2.26. The van der Waals surface area contributed by atoms with Crippen molar-refractivity contribution in [2.75, 3.05) is 24.5 Å². The van der Waals surface area contributed by atoms with Gasteiger partial charge in [-0.25, -0.2) is 4.39 Å². The molecular formula is C16H26FN3O. The van der Waals surface area contributed by atoms with Gasteiger partial charge in [0.2, 0.25) is 5.91 Å². The Hall–Kier alpha value is -1.62. The molecule has 0 heterocycles. The second kappa shape index (κ2) is 9.34. The zero-order valence-electron chi connectivity index (χ0n) is 13.0. The van der Waals surface area contributed by atoms with E-state index in [2.05, 4.69) is 19.2 Å². The number of carbonyl (C=O) groups is 1.